The Hall–Kier alpha value is -1.94. The van der Waals surface area contributed by atoms with Crippen LogP contribution in [-0.2, 0) is 65.4 Å². The number of hydrogen-bond donors (Lipinski definition) is 3. The van der Waals surface area contributed by atoms with Gasteiger partial charge in [-0.25, -0.2) is 9.13 Å². The topological polar surface area (TPSA) is 237 Å². The number of carbonyl (C=O) groups excluding carboxylic acids is 4. The fraction of sp³-hybridized carbons (Fsp3) is 0.945. The molecule has 92 heavy (non-hydrogen) atoms. The molecule has 0 aliphatic heterocycles. The summed E-state index contributed by atoms with van der Waals surface area (Å²) in [5.41, 5.74) is 0. The molecule has 0 amide bonds. The maximum atomic E-state index is 13.1. The lowest BCUT2D eigenvalue weighted by atomic mass is 10.0. The van der Waals surface area contributed by atoms with Gasteiger partial charge in [-0.15, -0.1) is 0 Å². The predicted octanol–water partition coefficient (Wildman–Crippen LogP) is 21.0. The maximum absolute atomic E-state index is 13.1. The first-order valence-electron chi connectivity index (χ1n) is 37.8. The van der Waals surface area contributed by atoms with Gasteiger partial charge in [-0.3, -0.25) is 37.3 Å². The van der Waals surface area contributed by atoms with Gasteiger partial charge in [0.1, 0.15) is 19.3 Å². The molecule has 5 atom stereocenters. The molecule has 0 rings (SSSR count). The van der Waals surface area contributed by atoms with Crippen molar-refractivity contribution in [3.05, 3.63) is 0 Å². The number of carbonyl (C=O) groups is 4. The minimum Gasteiger partial charge on any atom is -0.462 e. The summed E-state index contributed by atoms with van der Waals surface area (Å²) in [6.07, 6.45) is 48.6. The highest BCUT2D eigenvalue weighted by molar-refractivity contribution is 7.47. The van der Waals surface area contributed by atoms with E-state index in [0.717, 1.165) is 102 Å². The summed E-state index contributed by atoms with van der Waals surface area (Å²) in [4.78, 5) is 72.6. The number of rotatable bonds is 71. The molecule has 0 aromatic rings. The minimum atomic E-state index is -4.96. The van der Waals surface area contributed by atoms with Gasteiger partial charge in [0.25, 0.3) is 0 Å². The van der Waals surface area contributed by atoms with Crippen molar-refractivity contribution in [3.8, 4) is 0 Å². The zero-order valence-electron chi connectivity index (χ0n) is 60.0. The number of esters is 4. The zero-order chi connectivity index (χ0) is 68.0. The third kappa shape index (κ3) is 66.7. The highest BCUT2D eigenvalue weighted by Crippen LogP contribution is 2.45. The van der Waals surface area contributed by atoms with Gasteiger partial charge in [0, 0.05) is 25.7 Å². The Morgan fingerprint density at radius 3 is 0.739 bits per heavy atom. The van der Waals surface area contributed by atoms with Gasteiger partial charge in [0.15, 0.2) is 12.2 Å². The standard InChI is InChI=1S/C73H142O17P2/c1-8-9-10-11-12-13-26-33-40-47-54-70(75)83-61-69(90-73(78)57-50-43-36-29-32-39-46-53-66(6)7)63-88-92(81,82)86-59-67(74)58-85-91(79,80)87-62-68(60-84-71(76)55-48-41-34-27-23-19-21-25-31-38-45-52-65(4)5)89-72(77)56-49-42-35-28-22-18-16-14-15-17-20-24-30-37-44-51-64(2)3/h64-69,74H,8-63H2,1-7H3,(H,79,80)(H,81,82)/t67-,68-,69-/m1/s1. The number of phosphoric acid groups is 2. The molecule has 0 aromatic carbocycles. The second-order valence-corrected chi connectivity index (χ2v) is 30.7. The van der Waals surface area contributed by atoms with Crippen LogP contribution in [0, 0.1) is 17.8 Å². The Balaban J connectivity index is 5.23. The molecular weight excluding hydrogens is 1210 g/mol. The fourth-order valence-corrected chi connectivity index (χ4v) is 12.7. The van der Waals surface area contributed by atoms with Gasteiger partial charge in [-0.05, 0) is 43.4 Å². The molecule has 0 heterocycles. The third-order valence-corrected chi connectivity index (χ3v) is 18.8. The van der Waals surface area contributed by atoms with E-state index >= 15 is 0 Å². The Bertz CT molecular complexity index is 1800. The fourth-order valence-electron chi connectivity index (χ4n) is 11.1. The number of unbranched alkanes of at least 4 members (excludes halogenated alkanes) is 39. The smallest absolute Gasteiger partial charge is 0.462 e. The lowest BCUT2D eigenvalue weighted by molar-refractivity contribution is -0.161. The number of aliphatic hydroxyl groups excluding tert-OH is 1. The van der Waals surface area contributed by atoms with Gasteiger partial charge >= 0.3 is 39.5 Å². The van der Waals surface area contributed by atoms with Crippen LogP contribution >= 0.6 is 15.6 Å². The largest absolute Gasteiger partial charge is 0.472 e. The van der Waals surface area contributed by atoms with Gasteiger partial charge in [-0.2, -0.15) is 0 Å². The Morgan fingerprint density at radius 2 is 0.500 bits per heavy atom. The van der Waals surface area contributed by atoms with E-state index in [2.05, 4.69) is 48.5 Å². The molecule has 0 bridgehead atoms. The van der Waals surface area contributed by atoms with Crippen molar-refractivity contribution in [2.24, 2.45) is 17.8 Å². The highest BCUT2D eigenvalue weighted by Gasteiger charge is 2.30. The van der Waals surface area contributed by atoms with Gasteiger partial charge in [-0.1, -0.05) is 318 Å². The van der Waals surface area contributed by atoms with Gasteiger partial charge in [0.2, 0.25) is 0 Å². The van der Waals surface area contributed by atoms with Gasteiger partial charge < -0.3 is 33.8 Å². The first-order chi connectivity index (χ1) is 44.2. The molecule has 3 N–H and O–H groups in total. The van der Waals surface area contributed by atoms with E-state index in [4.69, 9.17) is 37.0 Å². The second kappa shape index (κ2) is 63.8. The summed E-state index contributed by atoms with van der Waals surface area (Å²) >= 11 is 0. The van der Waals surface area contributed by atoms with Crippen LogP contribution in [0.3, 0.4) is 0 Å². The second-order valence-electron chi connectivity index (χ2n) is 27.8. The number of aliphatic hydroxyl groups is 1. The molecule has 2 unspecified atom stereocenters. The number of hydrogen-bond acceptors (Lipinski definition) is 15. The van der Waals surface area contributed by atoms with Crippen molar-refractivity contribution in [1.29, 1.82) is 0 Å². The Kier molecular flexibility index (Phi) is 62.4. The molecule has 0 fully saturated rings. The Labute approximate surface area is 562 Å². The normalized spacial score (nSPS) is 14.1. The zero-order valence-corrected chi connectivity index (χ0v) is 61.8. The van der Waals surface area contributed by atoms with E-state index in [9.17, 15) is 43.2 Å². The number of phosphoric ester groups is 2. The first kappa shape index (κ1) is 90.1. The summed E-state index contributed by atoms with van der Waals surface area (Å²) in [7, 11) is -9.90. The van der Waals surface area contributed by atoms with Crippen LogP contribution in [0.4, 0.5) is 0 Å². The molecule has 546 valence electrons. The molecule has 0 aliphatic rings. The van der Waals surface area contributed by atoms with Gasteiger partial charge in [0.05, 0.1) is 26.4 Å². The van der Waals surface area contributed by atoms with Crippen molar-refractivity contribution >= 4 is 39.5 Å². The average molecular weight is 1350 g/mol. The van der Waals surface area contributed by atoms with Crippen molar-refractivity contribution in [3.63, 3.8) is 0 Å². The van der Waals surface area contributed by atoms with Crippen LogP contribution < -0.4 is 0 Å². The monoisotopic (exact) mass is 1350 g/mol. The van der Waals surface area contributed by atoms with Crippen molar-refractivity contribution in [1.82, 2.24) is 0 Å². The summed E-state index contributed by atoms with van der Waals surface area (Å²) in [6, 6.07) is 0. The molecule has 0 aromatic heterocycles. The van der Waals surface area contributed by atoms with Crippen LogP contribution in [0.1, 0.15) is 370 Å². The lowest BCUT2D eigenvalue weighted by Crippen LogP contribution is -2.30. The predicted molar refractivity (Wildman–Crippen MR) is 372 cm³/mol. The molecule has 19 heteroatoms. The average Bonchev–Trinajstić information content (AvgIpc) is 2.07. The van der Waals surface area contributed by atoms with E-state index in [1.54, 1.807) is 0 Å². The van der Waals surface area contributed by atoms with Crippen LogP contribution in [0.25, 0.3) is 0 Å². The first-order valence-corrected chi connectivity index (χ1v) is 40.8. The highest BCUT2D eigenvalue weighted by atomic mass is 31.2. The molecule has 0 aliphatic carbocycles. The SMILES string of the molecule is CCCCCCCCCCCCC(=O)OC[C@H](COP(=O)(O)OC[C@H](O)COP(=O)(O)OC[C@@H](COC(=O)CCCCCCCCCCCCCC(C)C)OC(=O)CCCCCCCCCCCCCCCCCC(C)C)OC(=O)CCCCCCCCCC(C)C. The van der Waals surface area contributed by atoms with Crippen LogP contribution in [0.15, 0.2) is 0 Å². The molecule has 0 radical (unpaired) electrons. The van der Waals surface area contributed by atoms with E-state index < -0.39 is 97.5 Å². The van der Waals surface area contributed by atoms with Crippen LogP contribution in [-0.4, -0.2) is 96.7 Å². The van der Waals surface area contributed by atoms with Crippen molar-refractivity contribution in [2.45, 2.75) is 388 Å². The maximum Gasteiger partial charge on any atom is 0.472 e. The van der Waals surface area contributed by atoms with Crippen LogP contribution in [0.2, 0.25) is 0 Å². The summed E-state index contributed by atoms with van der Waals surface area (Å²) in [5.74, 6) is 0.146. The summed E-state index contributed by atoms with van der Waals surface area (Å²) in [5, 5.41) is 10.6. The van der Waals surface area contributed by atoms with Crippen LogP contribution in [0.5, 0.6) is 0 Å². The van der Waals surface area contributed by atoms with Crippen molar-refractivity contribution in [2.75, 3.05) is 39.6 Å². The third-order valence-electron chi connectivity index (χ3n) is 16.9. The van der Waals surface area contributed by atoms with E-state index in [1.165, 1.54) is 180 Å². The molecule has 0 spiro atoms. The molecular formula is C73H142O17P2. The molecule has 17 nitrogen and oxygen atoms in total. The lowest BCUT2D eigenvalue weighted by Gasteiger charge is -2.21. The number of ether oxygens (including phenoxy) is 4. The summed E-state index contributed by atoms with van der Waals surface area (Å²) in [6.45, 7) is 11.8. The van der Waals surface area contributed by atoms with E-state index in [0.29, 0.717) is 31.6 Å². The summed E-state index contributed by atoms with van der Waals surface area (Å²) < 4.78 is 68.4. The quantitative estimate of drug-likeness (QED) is 0.0222. The van der Waals surface area contributed by atoms with E-state index in [-0.39, 0.29) is 25.7 Å². The Morgan fingerprint density at radius 1 is 0.293 bits per heavy atom. The molecule has 0 saturated heterocycles. The molecule has 0 saturated carbocycles. The minimum absolute atomic E-state index is 0.103. The van der Waals surface area contributed by atoms with Crippen molar-refractivity contribution < 1.29 is 80.2 Å². The van der Waals surface area contributed by atoms with E-state index in [1.807, 2.05) is 0 Å².